The molecule has 1 aromatic carbocycles. The van der Waals surface area contributed by atoms with E-state index < -0.39 is 4.92 Å². The van der Waals surface area contributed by atoms with Gasteiger partial charge in [-0.1, -0.05) is 12.1 Å². The van der Waals surface area contributed by atoms with Gasteiger partial charge in [0, 0.05) is 25.5 Å². The first-order valence-electron chi connectivity index (χ1n) is 6.12. The van der Waals surface area contributed by atoms with Crippen LogP contribution in [0, 0.1) is 10.1 Å². The van der Waals surface area contributed by atoms with Crippen LogP contribution >= 0.6 is 0 Å². The first-order chi connectivity index (χ1) is 10.2. The van der Waals surface area contributed by atoms with Crippen LogP contribution in [0.3, 0.4) is 0 Å². The molecule has 0 amide bonds. The third kappa shape index (κ3) is 2.34. The van der Waals surface area contributed by atoms with Crippen molar-refractivity contribution in [1.29, 1.82) is 0 Å². The Labute approximate surface area is 119 Å². The predicted octanol–water partition coefficient (Wildman–Crippen LogP) is 2.47. The molecule has 106 valence electrons. The van der Waals surface area contributed by atoms with Crippen molar-refractivity contribution in [3.63, 3.8) is 0 Å². The number of ether oxygens (including phenoxy) is 1. The predicted molar refractivity (Wildman–Crippen MR) is 75.7 cm³/mol. The van der Waals surface area contributed by atoms with E-state index in [1.807, 2.05) is 0 Å². The largest absolute Gasteiger partial charge is 0.428 e. The number of hydrogen-bond donors (Lipinski definition) is 1. The third-order valence-corrected chi connectivity index (χ3v) is 2.87. The topological polar surface area (TPSA) is 94.6 Å². The van der Waals surface area contributed by atoms with Crippen LogP contribution < -0.4 is 10.1 Å². The zero-order valence-corrected chi connectivity index (χ0v) is 11.1. The van der Waals surface area contributed by atoms with E-state index in [2.05, 4.69) is 15.3 Å². The number of imidazole rings is 1. The summed E-state index contributed by atoms with van der Waals surface area (Å²) in [6, 6.07) is 6.13. The highest BCUT2D eigenvalue weighted by Gasteiger charge is 2.17. The lowest BCUT2D eigenvalue weighted by Crippen LogP contribution is -2.00. The van der Waals surface area contributed by atoms with Gasteiger partial charge in [-0.25, -0.2) is 4.98 Å². The van der Waals surface area contributed by atoms with Gasteiger partial charge >= 0.3 is 5.69 Å². The van der Waals surface area contributed by atoms with Gasteiger partial charge in [-0.3, -0.25) is 14.5 Å². The van der Waals surface area contributed by atoms with Gasteiger partial charge in [-0.15, -0.1) is 0 Å². The lowest BCUT2D eigenvalue weighted by atomic mass is 10.3. The molecule has 0 radical (unpaired) electrons. The Hall–Kier alpha value is -3.16. The summed E-state index contributed by atoms with van der Waals surface area (Å²) in [5.41, 5.74) is 0.353. The second kappa shape index (κ2) is 5.08. The van der Waals surface area contributed by atoms with E-state index in [9.17, 15) is 10.1 Å². The molecule has 0 fully saturated rings. The van der Waals surface area contributed by atoms with Crippen molar-refractivity contribution in [1.82, 2.24) is 14.4 Å². The number of nitrogens with zero attached hydrogens (tertiary/aromatic N) is 4. The van der Waals surface area contributed by atoms with Crippen molar-refractivity contribution in [2.24, 2.45) is 0 Å². The molecule has 0 saturated heterocycles. The molecule has 0 aliphatic rings. The summed E-state index contributed by atoms with van der Waals surface area (Å²) in [5.74, 6) is 0.878. The van der Waals surface area contributed by atoms with Crippen molar-refractivity contribution >= 4 is 17.2 Å². The van der Waals surface area contributed by atoms with E-state index in [0.29, 0.717) is 11.5 Å². The van der Waals surface area contributed by atoms with E-state index in [4.69, 9.17) is 4.74 Å². The molecule has 3 rings (SSSR count). The lowest BCUT2D eigenvalue weighted by Gasteiger charge is -2.08. The zero-order chi connectivity index (χ0) is 14.8. The number of anilines is 1. The molecule has 0 atom stereocenters. The molecule has 2 aromatic heterocycles. The van der Waals surface area contributed by atoms with Crippen molar-refractivity contribution in [3.05, 3.63) is 53.0 Å². The Bertz CT molecular complexity index is 814. The monoisotopic (exact) mass is 285 g/mol. The molecule has 0 unspecified atom stereocenters. The highest BCUT2D eigenvalue weighted by molar-refractivity contribution is 5.57. The molecule has 8 heteroatoms. The molecule has 0 aliphatic heterocycles. The minimum atomic E-state index is -0.500. The van der Waals surface area contributed by atoms with Gasteiger partial charge in [0.05, 0.1) is 11.1 Å². The summed E-state index contributed by atoms with van der Waals surface area (Å²) in [7, 11) is 1.72. The van der Waals surface area contributed by atoms with Crippen LogP contribution in [0.4, 0.5) is 11.5 Å². The minimum Gasteiger partial charge on any atom is -0.428 e. The van der Waals surface area contributed by atoms with E-state index in [1.165, 1.54) is 12.1 Å². The average molecular weight is 285 g/mol. The first kappa shape index (κ1) is 12.9. The average Bonchev–Trinajstić information content (AvgIpc) is 2.96. The van der Waals surface area contributed by atoms with Crippen LogP contribution in [0.2, 0.25) is 0 Å². The molecular formula is C13H11N5O3. The quantitative estimate of drug-likeness (QED) is 0.584. The van der Waals surface area contributed by atoms with Crippen LogP contribution in [0.15, 0.2) is 42.9 Å². The standard InChI is InChI=1S/C13H11N5O3/c1-14-11-8-17-7-6-15-12(17)13(16-11)21-10-5-3-2-4-9(10)18(19)20/h2-8,14H,1H3. The number of hydrogen-bond acceptors (Lipinski definition) is 6. The number of nitro groups is 1. The Morgan fingerprint density at radius 2 is 2.19 bits per heavy atom. The fourth-order valence-electron chi connectivity index (χ4n) is 1.89. The van der Waals surface area contributed by atoms with E-state index in [-0.39, 0.29) is 17.3 Å². The number of aromatic nitrogens is 3. The van der Waals surface area contributed by atoms with Gasteiger partial charge in [-0.05, 0) is 6.07 Å². The SMILES string of the molecule is CNc1cn2ccnc2c(Oc2ccccc2[N+](=O)[O-])n1. The molecule has 21 heavy (non-hydrogen) atoms. The first-order valence-corrected chi connectivity index (χ1v) is 6.12. The van der Waals surface area contributed by atoms with Gasteiger partial charge in [0.15, 0.2) is 0 Å². The Kier molecular flexibility index (Phi) is 3.11. The third-order valence-electron chi connectivity index (χ3n) is 2.87. The van der Waals surface area contributed by atoms with Crippen molar-refractivity contribution < 1.29 is 9.66 Å². The molecule has 0 spiro atoms. The van der Waals surface area contributed by atoms with Crippen molar-refractivity contribution in [2.75, 3.05) is 12.4 Å². The summed E-state index contributed by atoms with van der Waals surface area (Å²) in [5, 5.41) is 13.9. The Morgan fingerprint density at radius 3 is 2.95 bits per heavy atom. The van der Waals surface area contributed by atoms with Crippen LogP contribution in [-0.2, 0) is 0 Å². The number of rotatable bonds is 4. The molecule has 0 bridgehead atoms. The number of nitrogens with one attached hydrogen (secondary N) is 1. The maximum Gasteiger partial charge on any atom is 0.311 e. The van der Waals surface area contributed by atoms with Crippen molar-refractivity contribution in [3.8, 4) is 11.6 Å². The maximum absolute atomic E-state index is 11.0. The van der Waals surface area contributed by atoms with Gasteiger partial charge < -0.3 is 10.1 Å². The second-order valence-corrected chi connectivity index (χ2v) is 4.17. The van der Waals surface area contributed by atoms with Crippen LogP contribution in [-0.4, -0.2) is 26.3 Å². The highest BCUT2D eigenvalue weighted by Crippen LogP contribution is 2.32. The molecule has 0 aliphatic carbocycles. The summed E-state index contributed by atoms with van der Waals surface area (Å²) < 4.78 is 7.33. The normalized spacial score (nSPS) is 10.5. The van der Waals surface area contributed by atoms with Crippen LogP contribution in [0.25, 0.3) is 5.65 Å². The van der Waals surface area contributed by atoms with Gasteiger partial charge in [0.25, 0.3) is 5.88 Å². The summed E-state index contributed by atoms with van der Waals surface area (Å²) in [6.45, 7) is 0. The fourth-order valence-corrected chi connectivity index (χ4v) is 1.89. The van der Waals surface area contributed by atoms with E-state index in [1.54, 1.807) is 42.2 Å². The molecule has 0 saturated carbocycles. The fraction of sp³-hybridized carbons (Fsp3) is 0.0769. The zero-order valence-electron chi connectivity index (χ0n) is 11.1. The number of fused-ring (bicyclic) bond motifs is 1. The van der Waals surface area contributed by atoms with Gasteiger partial charge in [0.1, 0.15) is 5.82 Å². The second-order valence-electron chi connectivity index (χ2n) is 4.17. The van der Waals surface area contributed by atoms with Crippen LogP contribution in [0.5, 0.6) is 11.6 Å². The minimum absolute atomic E-state index is 0.119. The number of para-hydroxylation sites is 2. The molecule has 2 heterocycles. The molecular weight excluding hydrogens is 274 g/mol. The smallest absolute Gasteiger partial charge is 0.311 e. The van der Waals surface area contributed by atoms with E-state index >= 15 is 0 Å². The number of benzene rings is 1. The Balaban J connectivity index is 2.10. The molecule has 8 nitrogen and oxygen atoms in total. The lowest BCUT2D eigenvalue weighted by molar-refractivity contribution is -0.385. The molecule has 1 N–H and O–H groups in total. The van der Waals surface area contributed by atoms with Crippen molar-refractivity contribution in [2.45, 2.75) is 0 Å². The summed E-state index contributed by atoms with van der Waals surface area (Å²) in [4.78, 5) is 18.9. The van der Waals surface area contributed by atoms with E-state index in [0.717, 1.165) is 0 Å². The molecule has 3 aromatic rings. The summed E-state index contributed by atoms with van der Waals surface area (Å²) >= 11 is 0. The summed E-state index contributed by atoms with van der Waals surface area (Å²) in [6.07, 6.45) is 5.08. The highest BCUT2D eigenvalue weighted by atomic mass is 16.6. The Morgan fingerprint density at radius 1 is 1.38 bits per heavy atom. The van der Waals surface area contributed by atoms with Crippen LogP contribution in [0.1, 0.15) is 0 Å². The van der Waals surface area contributed by atoms with Gasteiger partial charge in [0.2, 0.25) is 11.4 Å². The number of nitro benzene ring substituents is 1. The van der Waals surface area contributed by atoms with Gasteiger partial charge in [-0.2, -0.15) is 4.98 Å². The maximum atomic E-state index is 11.0.